The predicted octanol–water partition coefficient (Wildman–Crippen LogP) is 8.13. The summed E-state index contributed by atoms with van der Waals surface area (Å²) in [4.78, 5) is 26.0. The number of hydrogen-bond acceptors (Lipinski definition) is 2. The smallest absolute Gasteiger partial charge is 0.320 e. The fourth-order valence-corrected chi connectivity index (χ4v) is 5.53. The molecule has 0 aliphatic carbocycles. The highest BCUT2D eigenvalue weighted by Gasteiger charge is 2.73. The van der Waals surface area contributed by atoms with E-state index in [9.17, 15) is 49.1 Å². The lowest BCUT2D eigenvalue weighted by Crippen LogP contribution is -2.50. The summed E-state index contributed by atoms with van der Waals surface area (Å²) in [5.74, 6) is -6.35. The number of amides is 2. The zero-order valence-electron chi connectivity index (χ0n) is 19.4. The minimum atomic E-state index is -6.36. The van der Waals surface area contributed by atoms with E-state index >= 15 is 4.39 Å². The van der Waals surface area contributed by atoms with E-state index in [4.69, 9.17) is 0 Å². The number of benzene rings is 3. The Balaban J connectivity index is 1.98. The third-order valence-corrected chi connectivity index (χ3v) is 7.23. The van der Waals surface area contributed by atoms with Crippen LogP contribution in [0.3, 0.4) is 0 Å². The van der Waals surface area contributed by atoms with Crippen LogP contribution in [-0.2, 0) is 5.67 Å². The topological polar surface area (TPSA) is 49.4 Å². The molecule has 4 nitrogen and oxygen atoms in total. The van der Waals surface area contributed by atoms with Crippen molar-refractivity contribution in [3.8, 4) is 0 Å². The average molecular weight is 804 g/mol. The molecular weight excluding hydrogens is 792 g/mol. The van der Waals surface area contributed by atoms with Crippen molar-refractivity contribution in [3.63, 3.8) is 0 Å². The summed E-state index contributed by atoms with van der Waals surface area (Å²) in [5, 5.41) is 2.13. The largest absolute Gasteiger partial charge is 0.435 e. The third kappa shape index (κ3) is 5.73. The maximum absolute atomic E-state index is 15.3. The van der Waals surface area contributed by atoms with Gasteiger partial charge in [0, 0.05) is 19.8 Å². The molecule has 3 aromatic carbocycles. The van der Waals surface area contributed by atoms with Crippen LogP contribution in [0.4, 0.5) is 55.3 Å². The van der Waals surface area contributed by atoms with Crippen LogP contribution in [0.5, 0.6) is 0 Å². The van der Waals surface area contributed by atoms with E-state index in [1.165, 1.54) is 45.2 Å². The van der Waals surface area contributed by atoms with Crippen LogP contribution in [-0.4, -0.2) is 31.2 Å². The minimum Gasteiger partial charge on any atom is -0.320 e. The molecule has 0 atom stereocenters. The van der Waals surface area contributed by atoms with Crippen LogP contribution in [0.15, 0.2) is 48.5 Å². The first kappa shape index (κ1) is 31.9. The third-order valence-electron chi connectivity index (χ3n) is 5.53. The van der Waals surface area contributed by atoms with Gasteiger partial charge >= 0.3 is 18.0 Å². The van der Waals surface area contributed by atoms with Gasteiger partial charge in [0.2, 0.25) is 0 Å². The summed E-state index contributed by atoms with van der Waals surface area (Å²) in [6.45, 7) is 0. The summed E-state index contributed by atoms with van der Waals surface area (Å²) in [5.41, 5.74) is -10.2. The van der Waals surface area contributed by atoms with E-state index in [0.717, 1.165) is 43.4 Å². The van der Waals surface area contributed by atoms with E-state index in [0.29, 0.717) is 4.90 Å². The van der Waals surface area contributed by atoms with Gasteiger partial charge in [-0.15, -0.1) is 0 Å². The number of anilines is 2. The summed E-state index contributed by atoms with van der Waals surface area (Å²) >= 11 is 2.54. The van der Waals surface area contributed by atoms with Crippen molar-refractivity contribution in [3.05, 3.63) is 89.8 Å². The van der Waals surface area contributed by atoms with Gasteiger partial charge in [0.1, 0.15) is 17.2 Å². The van der Waals surface area contributed by atoms with E-state index in [1.807, 2.05) is 0 Å². The number of nitrogens with one attached hydrogen (secondary N) is 1. The summed E-state index contributed by atoms with van der Waals surface area (Å²) in [6, 6.07) is 6.14. The Kier molecular flexibility index (Phi) is 9.03. The van der Waals surface area contributed by atoms with Crippen LogP contribution in [0.1, 0.15) is 26.3 Å². The fraction of sp³-hybridized carbons (Fsp3) is 0.167. The second kappa shape index (κ2) is 11.3. The molecule has 16 heteroatoms. The highest BCUT2D eigenvalue weighted by Crippen LogP contribution is 2.54. The molecule has 1 N–H and O–H groups in total. The molecule has 0 radical (unpaired) electrons. The van der Waals surface area contributed by atoms with Crippen LogP contribution in [0.25, 0.3) is 0 Å². The molecule has 0 saturated heterocycles. The monoisotopic (exact) mass is 804 g/mol. The molecule has 40 heavy (non-hydrogen) atoms. The summed E-state index contributed by atoms with van der Waals surface area (Å²) in [6.07, 6.45) is -12.7. The van der Waals surface area contributed by atoms with E-state index in [-0.39, 0.29) is 17.8 Å². The van der Waals surface area contributed by atoms with Gasteiger partial charge in [-0.25, -0.2) is 17.6 Å². The summed E-state index contributed by atoms with van der Waals surface area (Å²) in [7, 11) is 0.976. The van der Waals surface area contributed by atoms with Crippen molar-refractivity contribution < 1.29 is 53.5 Å². The Hall–Kier alpha value is -2.64. The molecule has 0 saturated carbocycles. The van der Waals surface area contributed by atoms with Crippen molar-refractivity contribution in [1.29, 1.82) is 0 Å². The van der Waals surface area contributed by atoms with Crippen molar-refractivity contribution >= 4 is 68.4 Å². The fourth-order valence-electron chi connectivity index (χ4n) is 3.49. The first-order valence-corrected chi connectivity index (χ1v) is 12.6. The standard InChI is InChI=1S/C24H12F10I2N2O2/c1-38(21(40)17-12(25)5-3-6-13(17)26)16-7-2-4-11(18(16)27)20(39)37-19-14(35)8-10(9-15(19)36)22(28,23(29,30)31)24(32,33)34/h2-9H,1H3,(H,37,39). The number of rotatable bonds is 5. The van der Waals surface area contributed by atoms with Gasteiger partial charge in [0.15, 0.2) is 5.82 Å². The number of carbonyl (C=O) groups is 2. The van der Waals surface area contributed by atoms with Gasteiger partial charge in [0.05, 0.1) is 16.9 Å². The summed E-state index contributed by atoms with van der Waals surface area (Å²) < 4.78 is 136. The Morgan fingerprint density at radius 1 is 0.800 bits per heavy atom. The molecule has 2 amide bonds. The van der Waals surface area contributed by atoms with E-state index < -0.39 is 76.8 Å². The van der Waals surface area contributed by atoms with Crippen LogP contribution in [0, 0.1) is 24.6 Å². The lowest BCUT2D eigenvalue weighted by atomic mass is 9.94. The van der Waals surface area contributed by atoms with Crippen molar-refractivity contribution in [2.45, 2.75) is 18.0 Å². The molecule has 0 unspecified atom stereocenters. The zero-order chi connectivity index (χ0) is 30.4. The molecule has 0 spiro atoms. The molecule has 3 aromatic rings. The second-order valence-corrected chi connectivity index (χ2v) is 10.3. The Morgan fingerprint density at radius 3 is 1.75 bits per heavy atom. The Labute approximate surface area is 246 Å². The lowest BCUT2D eigenvalue weighted by molar-refractivity contribution is -0.348. The van der Waals surface area contributed by atoms with Crippen molar-refractivity contribution in [2.75, 3.05) is 17.3 Å². The molecule has 0 aromatic heterocycles. The lowest BCUT2D eigenvalue weighted by Gasteiger charge is -2.31. The SMILES string of the molecule is CN(C(=O)c1c(F)cccc1F)c1cccc(C(=O)Nc2c(I)cc(C(F)(C(F)(F)F)C(F)(F)F)cc2I)c1F. The molecule has 0 aliphatic heterocycles. The van der Waals surface area contributed by atoms with Gasteiger partial charge in [0.25, 0.3) is 11.8 Å². The van der Waals surface area contributed by atoms with Gasteiger partial charge in [-0.2, -0.15) is 26.3 Å². The molecule has 3 rings (SSSR count). The first-order chi connectivity index (χ1) is 18.3. The highest BCUT2D eigenvalue weighted by molar-refractivity contribution is 14.1. The average Bonchev–Trinajstić information content (AvgIpc) is 2.83. The predicted molar refractivity (Wildman–Crippen MR) is 140 cm³/mol. The highest BCUT2D eigenvalue weighted by atomic mass is 127. The van der Waals surface area contributed by atoms with Gasteiger partial charge < -0.3 is 10.2 Å². The number of halogens is 12. The van der Waals surface area contributed by atoms with E-state index in [2.05, 4.69) is 5.32 Å². The van der Waals surface area contributed by atoms with E-state index in [1.54, 1.807) is 0 Å². The number of hydrogen-bond donors (Lipinski definition) is 1. The van der Waals surface area contributed by atoms with Gasteiger partial charge in [-0.3, -0.25) is 9.59 Å². The zero-order valence-corrected chi connectivity index (χ0v) is 23.7. The van der Waals surface area contributed by atoms with Crippen LogP contribution in [0.2, 0.25) is 0 Å². The molecule has 0 bridgehead atoms. The Morgan fingerprint density at radius 2 is 1.27 bits per heavy atom. The molecule has 0 heterocycles. The number of nitrogens with zero attached hydrogens (tertiary/aromatic N) is 1. The normalized spacial score (nSPS) is 12.3. The molecule has 0 fully saturated rings. The molecule has 214 valence electrons. The minimum absolute atomic E-state index is 0.238. The van der Waals surface area contributed by atoms with Crippen molar-refractivity contribution in [1.82, 2.24) is 0 Å². The second-order valence-electron chi connectivity index (χ2n) is 8.02. The molecular formula is C24H12F10I2N2O2. The number of carbonyl (C=O) groups excluding carboxylic acids is 2. The van der Waals surface area contributed by atoms with Gasteiger partial charge in [-0.1, -0.05) is 12.1 Å². The van der Waals surface area contributed by atoms with Crippen molar-refractivity contribution in [2.24, 2.45) is 0 Å². The maximum Gasteiger partial charge on any atom is 0.435 e. The first-order valence-electron chi connectivity index (χ1n) is 10.5. The van der Waals surface area contributed by atoms with Gasteiger partial charge in [-0.05, 0) is 81.6 Å². The number of alkyl halides is 7. The van der Waals surface area contributed by atoms with Crippen LogP contribution >= 0.6 is 45.2 Å². The quantitative estimate of drug-likeness (QED) is 0.209. The molecule has 0 aliphatic rings. The van der Waals surface area contributed by atoms with Crippen LogP contribution < -0.4 is 10.2 Å². The maximum atomic E-state index is 15.3. The Bertz CT molecular complexity index is 1430.